The zero-order chi connectivity index (χ0) is 17.7. The van der Waals surface area contributed by atoms with Crippen molar-refractivity contribution in [3.05, 3.63) is 60.2 Å². The molecule has 1 N–H and O–H groups in total. The molecule has 1 aliphatic rings. The summed E-state index contributed by atoms with van der Waals surface area (Å²) >= 11 is 0. The molecule has 0 spiro atoms. The lowest BCUT2D eigenvalue weighted by atomic mass is 10.2. The molecule has 1 heterocycles. The quantitative estimate of drug-likeness (QED) is 0.909. The molecule has 2 aromatic rings. The van der Waals surface area contributed by atoms with Crippen LogP contribution in [0, 0.1) is 0 Å². The fraction of sp³-hybridized carbons (Fsp3) is 0.316. The van der Waals surface area contributed by atoms with Crippen molar-refractivity contribution in [2.45, 2.75) is 30.6 Å². The second-order valence-electron chi connectivity index (χ2n) is 6.21. The molecule has 0 bridgehead atoms. The summed E-state index contributed by atoms with van der Waals surface area (Å²) in [5.41, 5.74) is 0.907. The first-order chi connectivity index (χ1) is 12.1. The summed E-state index contributed by atoms with van der Waals surface area (Å²) in [5, 5.41) is 0. The normalized spacial score (nSPS) is 15.4. The van der Waals surface area contributed by atoms with Gasteiger partial charge >= 0.3 is 0 Å². The number of para-hydroxylation sites is 1. The summed E-state index contributed by atoms with van der Waals surface area (Å²) in [6, 6.07) is 15.0. The van der Waals surface area contributed by atoms with Crippen LogP contribution in [-0.4, -0.2) is 32.3 Å². The fourth-order valence-electron chi connectivity index (χ4n) is 2.97. The van der Waals surface area contributed by atoms with Crippen molar-refractivity contribution in [2.75, 3.05) is 17.8 Å². The minimum atomic E-state index is -3.73. The number of sulfonamides is 1. The summed E-state index contributed by atoms with van der Waals surface area (Å²) in [5.74, 6) is -0.0985. The highest BCUT2D eigenvalue weighted by Crippen LogP contribution is 2.19. The maximum absolute atomic E-state index is 12.7. The van der Waals surface area contributed by atoms with Gasteiger partial charge in [0.25, 0.3) is 15.9 Å². The van der Waals surface area contributed by atoms with Crippen LogP contribution in [0.2, 0.25) is 0 Å². The maximum Gasteiger partial charge on any atom is 0.261 e. The van der Waals surface area contributed by atoms with E-state index in [1.807, 2.05) is 11.0 Å². The standard InChI is InChI=1S/C19H22N2O3S/c22-19(21-13-6-1-2-7-14-21)16-9-8-12-18(15-16)25(23,24)20-17-10-4-3-5-11-17/h3-5,8-12,15,20H,1-2,6-7,13-14H2. The van der Waals surface area contributed by atoms with Gasteiger partial charge in [-0.3, -0.25) is 9.52 Å². The van der Waals surface area contributed by atoms with E-state index in [1.54, 1.807) is 36.4 Å². The topological polar surface area (TPSA) is 66.5 Å². The van der Waals surface area contributed by atoms with E-state index in [1.165, 1.54) is 12.1 Å². The Hall–Kier alpha value is -2.34. The molecule has 3 rings (SSSR count). The van der Waals surface area contributed by atoms with E-state index in [-0.39, 0.29) is 10.8 Å². The van der Waals surface area contributed by atoms with E-state index in [4.69, 9.17) is 0 Å². The van der Waals surface area contributed by atoms with Gasteiger partial charge in [0.1, 0.15) is 0 Å². The maximum atomic E-state index is 12.7. The van der Waals surface area contributed by atoms with Gasteiger partial charge in [-0.15, -0.1) is 0 Å². The van der Waals surface area contributed by atoms with Crippen LogP contribution >= 0.6 is 0 Å². The minimum Gasteiger partial charge on any atom is -0.339 e. The summed E-state index contributed by atoms with van der Waals surface area (Å²) in [7, 11) is -3.73. The average molecular weight is 358 g/mol. The number of nitrogens with zero attached hydrogens (tertiary/aromatic N) is 1. The minimum absolute atomic E-state index is 0.0945. The van der Waals surface area contributed by atoms with Crippen LogP contribution in [0.5, 0.6) is 0 Å². The first kappa shape index (κ1) is 17.5. The molecular formula is C19H22N2O3S. The lowest BCUT2D eigenvalue weighted by Gasteiger charge is -2.20. The van der Waals surface area contributed by atoms with Crippen LogP contribution in [-0.2, 0) is 10.0 Å². The number of anilines is 1. The summed E-state index contributed by atoms with van der Waals surface area (Å²) in [6.07, 6.45) is 4.27. The summed E-state index contributed by atoms with van der Waals surface area (Å²) < 4.78 is 27.7. The molecular weight excluding hydrogens is 336 g/mol. The lowest BCUT2D eigenvalue weighted by molar-refractivity contribution is 0.0761. The van der Waals surface area contributed by atoms with Crippen molar-refractivity contribution in [2.24, 2.45) is 0 Å². The number of hydrogen-bond acceptors (Lipinski definition) is 3. The fourth-order valence-corrected chi connectivity index (χ4v) is 4.08. The molecule has 1 aliphatic heterocycles. The van der Waals surface area contributed by atoms with Gasteiger partial charge < -0.3 is 4.90 Å². The third-order valence-electron chi connectivity index (χ3n) is 4.31. The van der Waals surface area contributed by atoms with Gasteiger partial charge in [0, 0.05) is 24.3 Å². The molecule has 0 unspecified atom stereocenters. The molecule has 25 heavy (non-hydrogen) atoms. The molecule has 0 aliphatic carbocycles. The predicted molar refractivity (Wildman–Crippen MR) is 98.1 cm³/mol. The van der Waals surface area contributed by atoms with Crippen molar-refractivity contribution in [1.29, 1.82) is 0 Å². The number of likely N-dealkylation sites (tertiary alicyclic amines) is 1. The van der Waals surface area contributed by atoms with E-state index < -0.39 is 10.0 Å². The number of benzene rings is 2. The van der Waals surface area contributed by atoms with Crippen molar-refractivity contribution < 1.29 is 13.2 Å². The Labute approximate surface area is 148 Å². The van der Waals surface area contributed by atoms with Crippen LogP contribution in [0.4, 0.5) is 5.69 Å². The number of nitrogens with one attached hydrogen (secondary N) is 1. The van der Waals surface area contributed by atoms with E-state index in [0.717, 1.165) is 38.8 Å². The van der Waals surface area contributed by atoms with Crippen LogP contribution in [0.3, 0.4) is 0 Å². The van der Waals surface area contributed by atoms with Crippen LogP contribution in [0.15, 0.2) is 59.5 Å². The molecule has 6 heteroatoms. The first-order valence-corrected chi connectivity index (χ1v) is 10.0. The number of hydrogen-bond donors (Lipinski definition) is 1. The molecule has 1 amide bonds. The Bertz CT molecular complexity index is 827. The molecule has 0 radical (unpaired) electrons. The third-order valence-corrected chi connectivity index (χ3v) is 5.69. The van der Waals surface area contributed by atoms with Gasteiger partial charge in [0.05, 0.1) is 4.90 Å². The Morgan fingerprint density at radius 3 is 2.24 bits per heavy atom. The summed E-state index contributed by atoms with van der Waals surface area (Å²) in [4.78, 5) is 14.6. The largest absolute Gasteiger partial charge is 0.339 e. The molecule has 0 atom stereocenters. The highest BCUT2D eigenvalue weighted by molar-refractivity contribution is 7.92. The van der Waals surface area contributed by atoms with Crippen LogP contribution in [0.25, 0.3) is 0 Å². The Kier molecular flexibility index (Phi) is 5.38. The van der Waals surface area contributed by atoms with Crippen molar-refractivity contribution in [1.82, 2.24) is 4.90 Å². The second kappa shape index (κ2) is 7.70. The third kappa shape index (κ3) is 4.39. The van der Waals surface area contributed by atoms with E-state index in [2.05, 4.69) is 4.72 Å². The molecule has 1 fully saturated rings. The Balaban J connectivity index is 1.82. The highest BCUT2D eigenvalue weighted by Gasteiger charge is 2.20. The van der Waals surface area contributed by atoms with E-state index >= 15 is 0 Å². The second-order valence-corrected chi connectivity index (χ2v) is 7.89. The molecule has 132 valence electrons. The Morgan fingerprint density at radius 1 is 0.880 bits per heavy atom. The van der Waals surface area contributed by atoms with E-state index in [9.17, 15) is 13.2 Å². The smallest absolute Gasteiger partial charge is 0.261 e. The first-order valence-electron chi connectivity index (χ1n) is 8.53. The van der Waals surface area contributed by atoms with Crippen molar-refractivity contribution in [3.8, 4) is 0 Å². The number of carbonyl (C=O) groups excluding carboxylic acids is 1. The average Bonchev–Trinajstić information content (AvgIpc) is 2.91. The van der Waals surface area contributed by atoms with Crippen LogP contribution < -0.4 is 4.72 Å². The molecule has 5 nitrogen and oxygen atoms in total. The number of rotatable bonds is 4. The lowest BCUT2D eigenvalue weighted by Crippen LogP contribution is -2.32. The SMILES string of the molecule is O=C(c1cccc(S(=O)(=O)Nc2ccccc2)c1)N1CCCCCC1. The zero-order valence-corrected chi connectivity index (χ0v) is 14.8. The number of carbonyl (C=O) groups is 1. The van der Waals surface area contributed by atoms with Gasteiger partial charge in [0.15, 0.2) is 0 Å². The monoisotopic (exact) mass is 358 g/mol. The van der Waals surface area contributed by atoms with Gasteiger partial charge in [-0.05, 0) is 43.2 Å². The van der Waals surface area contributed by atoms with E-state index in [0.29, 0.717) is 11.3 Å². The van der Waals surface area contributed by atoms with Crippen molar-refractivity contribution in [3.63, 3.8) is 0 Å². The Morgan fingerprint density at radius 2 is 1.56 bits per heavy atom. The predicted octanol–water partition coefficient (Wildman–Crippen LogP) is 3.50. The molecule has 0 aromatic heterocycles. The van der Waals surface area contributed by atoms with Gasteiger partial charge in [-0.1, -0.05) is 37.1 Å². The molecule has 0 saturated carbocycles. The van der Waals surface area contributed by atoms with Gasteiger partial charge in [-0.25, -0.2) is 8.42 Å². The zero-order valence-electron chi connectivity index (χ0n) is 14.0. The number of amides is 1. The molecule has 1 saturated heterocycles. The molecule has 2 aromatic carbocycles. The van der Waals surface area contributed by atoms with Gasteiger partial charge in [0.2, 0.25) is 0 Å². The van der Waals surface area contributed by atoms with Gasteiger partial charge in [-0.2, -0.15) is 0 Å². The van der Waals surface area contributed by atoms with Crippen molar-refractivity contribution >= 4 is 21.6 Å². The highest BCUT2D eigenvalue weighted by atomic mass is 32.2. The summed E-state index contributed by atoms with van der Waals surface area (Å²) in [6.45, 7) is 1.47. The van der Waals surface area contributed by atoms with Crippen LogP contribution in [0.1, 0.15) is 36.0 Å².